The summed E-state index contributed by atoms with van der Waals surface area (Å²) < 4.78 is 4.55. The number of carbonyl (C=O) groups is 1. The number of aliphatic hydroxyl groups excluding tert-OH is 2. The lowest BCUT2D eigenvalue weighted by Crippen LogP contribution is -2.12. The van der Waals surface area contributed by atoms with Gasteiger partial charge in [0.2, 0.25) is 6.29 Å². The number of aliphatic hydroxyl groups is 2. The molecule has 16 heavy (non-hydrogen) atoms. The maximum Gasteiger partial charge on any atom is 0.305 e. The molecule has 0 saturated heterocycles. The average molecular weight is 228 g/mol. The van der Waals surface area contributed by atoms with Gasteiger partial charge in [-0.25, -0.2) is 0 Å². The normalized spacial score (nSPS) is 14.8. The van der Waals surface area contributed by atoms with E-state index in [4.69, 9.17) is 5.11 Å². The molecule has 0 bridgehead atoms. The van der Waals surface area contributed by atoms with E-state index in [1.807, 2.05) is 19.9 Å². The predicted molar refractivity (Wildman–Crippen MR) is 61.6 cm³/mol. The van der Waals surface area contributed by atoms with E-state index in [9.17, 15) is 9.90 Å². The van der Waals surface area contributed by atoms with Crippen LogP contribution in [0.15, 0.2) is 23.3 Å². The summed E-state index contributed by atoms with van der Waals surface area (Å²) in [4.78, 5) is 10.5. The molecule has 4 nitrogen and oxygen atoms in total. The molecule has 0 rings (SSSR count). The van der Waals surface area contributed by atoms with Crippen LogP contribution in [0, 0.1) is 0 Å². The first kappa shape index (κ1) is 14.9. The van der Waals surface area contributed by atoms with Gasteiger partial charge in [-0.1, -0.05) is 17.2 Å². The lowest BCUT2D eigenvalue weighted by molar-refractivity contribution is -0.157. The van der Waals surface area contributed by atoms with E-state index in [1.54, 1.807) is 0 Å². The molecule has 0 saturated carbocycles. The third kappa shape index (κ3) is 8.20. The van der Waals surface area contributed by atoms with Crippen LogP contribution in [0.4, 0.5) is 0 Å². The molecule has 0 fully saturated rings. The molecule has 0 aliphatic rings. The highest BCUT2D eigenvalue weighted by Gasteiger charge is 2.03. The molecular formula is C12H20O4. The van der Waals surface area contributed by atoms with Crippen LogP contribution in [0.1, 0.15) is 33.6 Å². The number of ether oxygens (including phenoxy) is 1. The fourth-order valence-electron chi connectivity index (χ4n) is 1.14. The van der Waals surface area contributed by atoms with Crippen LogP contribution in [0.2, 0.25) is 0 Å². The lowest BCUT2D eigenvalue weighted by Gasteiger charge is -2.07. The molecule has 0 aromatic carbocycles. The Balaban J connectivity index is 4.00. The van der Waals surface area contributed by atoms with Gasteiger partial charge < -0.3 is 14.9 Å². The Kier molecular flexibility index (Phi) is 7.50. The number of carbonyl (C=O) groups excluding carboxylic acids is 1. The van der Waals surface area contributed by atoms with Gasteiger partial charge in [0.25, 0.3) is 0 Å². The zero-order valence-electron chi connectivity index (χ0n) is 10.1. The molecule has 4 heteroatoms. The molecular weight excluding hydrogens is 208 g/mol. The number of hydrogen-bond donors (Lipinski definition) is 2. The quantitative estimate of drug-likeness (QED) is 0.411. The van der Waals surface area contributed by atoms with Gasteiger partial charge >= 0.3 is 5.97 Å². The summed E-state index contributed by atoms with van der Waals surface area (Å²) in [6, 6.07) is 0. The predicted octanol–water partition coefficient (Wildman–Crippen LogP) is 1.53. The van der Waals surface area contributed by atoms with E-state index in [2.05, 4.69) is 4.74 Å². The molecule has 0 aromatic heterocycles. The largest absolute Gasteiger partial charge is 0.432 e. The lowest BCUT2D eigenvalue weighted by atomic mass is 10.1. The second-order valence-electron chi connectivity index (χ2n) is 3.76. The molecule has 92 valence electrons. The van der Waals surface area contributed by atoms with Crippen LogP contribution in [0.25, 0.3) is 0 Å². The molecule has 0 spiro atoms. The Morgan fingerprint density at radius 2 is 1.94 bits per heavy atom. The van der Waals surface area contributed by atoms with Gasteiger partial charge in [-0.15, -0.1) is 0 Å². The van der Waals surface area contributed by atoms with Crippen LogP contribution in [0.5, 0.6) is 0 Å². The highest BCUT2D eigenvalue weighted by Crippen LogP contribution is 2.08. The van der Waals surface area contributed by atoms with Crippen LogP contribution in [-0.4, -0.2) is 29.1 Å². The van der Waals surface area contributed by atoms with Crippen molar-refractivity contribution in [2.45, 2.75) is 39.9 Å². The second-order valence-corrected chi connectivity index (χ2v) is 3.76. The molecule has 0 heterocycles. The van der Waals surface area contributed by atoms with Crippen molar-refractivity contribution in [2.24, 2.45) is 0 Å². The Bertz CT molecular complexity index is 279. The molecule has 0 aliphatic heterocycles. The smallest absolute Gasteiger partial charge is 0.305 e. The van der Waals surface area contributed by atoms with Crippen molar-refractivity contribution in [1.82, 2.24) is 0 Å². The van der Waals surface area contributed by atoms with Crippen molar-refractivity contribution in [2.75, 3.05) is 6.61 Å². The maximum absolute atomic E-state index is 10.5. The van der Waals surface area contributed by atoms with Crippen LogP contribution in [-0.2, 0) is 9.53 Å². The topological polar surface area (TPSA) is 66.8 Å². The number of rotatable bonds is 6. The highest BCUT2D eigenvalue weighted by molar-refractivity contribution is 5.66. The van der Waals surface area contributed by atoms with Crippen molar-refractivity contribution in [3.63, 3.8) is 0 Å². The number of hydrogen-bond acceptors (Lipinski definition) is 4. The van der Waals surface area contributed by atoms with Crippen LogP contribution in [0.3, 0.4) is 0 Å². The van der Waals surface area contributed by atoms with Crippen molar-refractivity contribution >= 4 is 5.97 Å². The summed E-state index contributed by atoms with van der Waals surface area (Å²) in [5.41, 5.74) is 1.86. The Hall–Kier alpha value is -1.13. The summed E-state index contributed by atoms with van der Waals surface area (Å²) in [5.74, 6) is -0.507. The van der Waals surface area contributed by atoms with Crippen molar-refractivity contribution < 1.29 is 19.7 Å². The zero-order valence-corrected chi connectivity index (χ0v) is 10.1. The second kappa shape index (κ2) is 8.07. The first-order valence-corrected chi connectivity index (χ1v) is 5.24. The monoisotopic (exact) mass is 228 g/mol. The molecule has 0 amide bonds. The van der Waals surface area contributed by atoms with E-state index < -0.39 is 12.3 Å². The fraction of sp³-hybridized carbons (Fsp3) is 0.583. The third-order valence-electron chi connectivity index (χ3n) is 1.99. The Labute approximate surface area is 96.2 Å². The van der Waals surface area contributed by atoms with Gasteiger partial charge in [-0.05, 0) is 32.8 Å². The van der Waals surface area contributed by atoms with Crippen LogP contribution < -0.4 is 0 Å². The standard InChI is InChI=1S/C12H20O4/c1-9(5-4-6-10(2)8-13)7-12(15)16-11(3)14/h6-7,12-13,15H,4-5,8H2,1-3H3/b9-7+,10-6+. The summed E-state index contributed by atoms with van der Waals surface area (Å²) in [6.45, 7) is 5.03. The minimum Gasteiger partial charge on any atom is -0.432 e. The zero-order chi connectivity index (χ0) is 12.6. The molecule has 0 aromatic rings. The molecule has 2 N–H and O–H groups in total. The van der Waals surface area contributed by atoms with E-state index >= 15 is 0 Å². The van der Waals surface area contributed by atoms with Gasteiger partial charge in [-0.2, -0.15) is 0 Å². The number of esters is 1. The van der Waals surface area contributed by atoms with Gasteiger partial charge in [0.1, 0.15) is 0 Å². The third-order valence-corrected chi connectivity index (χ3v) is 1.99. The Morgan fingerprint density at radius 1 is 1.31 bits per heavy atom. The minimum atomic E-state index is -1.17. The van der Waals surface area contributed by atoms with Gasteiger partial charge in [0, 0.05) is 6.92 Å². The average Bonchev–Trinajstić information content (AvgIpc) is 2.15. The summed E-state index contributed by atoms with van der Waals surface area (Å²) >= 11 is 0. The molecule has 0 radical (unpaired) electrons. The van der Waals surface area contributed by atoms with E-state index in [1.165, 1.54) is 13.0 Å². The first-order chi connectivity index (χ1) is 7.45. The van der Waals surface area contributed by atoms with E-state index in [-0.39, 0.29) is 6.61 Å². The SMILES string of the molecule is CC(=O)OC(O)/C=C(\C)CC/C=C(\C)CO. The maximum atomic E-state index is 10.5. The van der Waals surface area contributed by atoms with E-state index in [0.29, 0.717) is 0 Å². The highest BCUT2D eigenvalue weighted by atomic mass is 16.6. The van der Waals surface area contributed by atoms with Crippen molar-refractivity contribution in [3.8, 4) is 0 Å². The summed E-state index contributed by atoms with van der Waals surface area (Å²) in [5, 5.41) is 18.0. The van der Waals surface area contributed by atoms with Gasteiger partial charge in [0.15, 0.2) is 0 Å². The van der Waals surface area contributed by atoms with Gasteiger partial charge in [0.05, 0.1) is 6.61 Å². The summed E-state index contributed by atoms with van der Waals surface area (Å²) in [7, 11) is 0. The molecule has 1 atom stereocenters. The fourth-order valence-corrected chi connectivity index (χ4v) is 1.14. The first-order valence-electron chi connectivity index (χ1n) is 5.24. The van der Waals surface area contributed by atoms with Crippen molar-refractivity contribution in [3.05, 3.63) is 23.3 Å². The Morgan fingerprint density at radius 3 is 2.44 bits per heavy atom. The van der Waals surface area contributed by atoms with Crippen molar-refractivity contribution in [1.29, 1.82) is 0 Å². The molecule has 0 aliphatic carbocycles. The number of allylic oxidation sites excluding steroid dienone is 2. The molecule has 1 unspecified atom stereocenters. The van der Waals surface area contributed by atoms with Gasteiger partial charge in [-0.3, -0.25) is 4.79 Å². The minimum absolute atomic E-state index is 0.0683. The van der Waals surface area contributed by atoms with E-state index in [0.717, 1.165) is 24.0 Å². The van der Waals surface area contributed by atoms with Crippen LogP contribution >= 0.6 is 0 Å². The summed E-state index contributed by atoms with van der Waals surface area (Å²) in [6.07, 6.45) is 3.83.